The predicted octanol–water partition coefficient (Wildman–Crippen LogP) is 6.69. The quantitative estimate of drug-likeness (QED) is 0.357. The van der Waals surface area contributed by atoms with E-state index in [0.29, 0.717) is 35.4 Å². The van der Waals surface area contributed by atoms with Crippen LogP contribution >= 0.6 is 0 Å². The Morgan fingerprint density at radius 1 is 1.06 bits per heavy atom. The lowest BCUT2D eigenvalue weighted by molar-refractivity contribution is 0.0431. The van der Waals surface area contributed by atoms with Crippen LogP contribution in [0, 0.1) is 23.7 Å². The minimum atomic E-state index is -3.81. The molecule has 1 saturated carbocycles. The summed E-state index contributed by atoms with van der Waals surface area (Å²) in [5.74, 6) is 1.81. The SMILES string of the molecule is C=CCc1c(/C=C/[C@@H](O)[C@@H]2C[C@H](C)CC[C@H]2C(C)C)c2ccccc2n1S(=O)(=O)c1ccccc1. The summed E-state index contributed by atoms with van der Waals surface area (Å²) < 4.78 is 29.0. The van der Waals surface area contributed by atoms with Gasteiger partial charge in [0.25, 0.3) is 10.0 Å². The van der Waals surface area contributed by atoms with Gasteiger partial charge in [-0.3, -0.25) is 0 Å². The maximum atomic E-state index is 13.8. The molecule has 5 heteroatoms. The van der Waals surface area contributed by atoms with E-state index in [1.165, 1.54) is 10.4 Å². The van der Waals surface area contributed by atoms with Crippen LogP contribution in [0.15, 0.2) is 78.2 Å². The summed E-state index contributed by atoms with van der Waals surface area (Å²) in [7, 11) is -3.81. The summed E-state index contributed by atoms with van der Waals surface area (Å²) in [5, 5.41) is 12.1. The lowest BCUT2D eigenvalue weighted by Crippen LogP contribution is -2.35. The molecule has 1 N–H and O–H groups in total. The molecule has 0 spiro atoms. The van der Waals surface area contributed by atoms with Gasteiger partial charge in [0, 0.05) is 23.1 Å². The third-order valence-electron chi connectivity index (χ3n) is 7.56. The molecular formula is C30H37NO3S. The molecule has 35 heavy (non-hydrogen) atoms. The van der Waals surface area contributed by atoms with Crippen molar-refractivity contribution in [1.82, 2.24) is 3.97 Å². The zero-order valence-corrected chi connectivity index (χ0v) is 21.8. The van der Waals surface area contributed by atoms with Gasteiger partial charge >= 0.3 is 0 Å². The summed E-state index contributed by atoms with van der Waals surface area (Å²) in [5.41, 5.74) is 2.11. The van der Waals surface area contributed by atoms with Gasteiger partial charge in [-0.05, 0) is 54.7 Å². The molecule has 4 rings (SSSR count). The maximum Gasteiger partial charge on any atom is 0.268 e. The molecule has 0 unspecified atom stereocenters. The largest absolute Gasteiger partial charge is 0.389 e. The molecule has 0 radical (unpaired) electrons. The lowest BCUT2D eigenvalue weighted by atomic mass is 9.68. The minimum Gasteiger partial charge on any atom is -0.389 e. The molecule has 4 atom stereocenters. The number of aliphatic hydroxyl groups is 1. The Labute approximate surface area is 210 Å². The number of allylic oxidation sites excluding steroid dienone is 1. The van der Waals surface area contributed by atoms with E-state index in [2.05, 4.69) is 27.4 Å². The molecule has 1 aliphatic carbocycles. The third-order valence-corrected chi connectivity index (χ3v) is 9.33. The van der Waals surface area contributed by atoms with Gasteiger partial charge in [-0.2, -0.15) is 0 Å². The number of fused-ring (bicyclic) bond motifs is 1. The van der Waals surface area contributed by atoms with Crippen LogP contribution in [0.25, 0.3) is 17.0 Å². The predicted molar refractivity (Wildman–Crippen MR) is 145 cm³/mol. The molecule has 1 fully saturated rings. The third kappa shape index (κ3) is 5.03. The number of aromatic nitrogens is 1. The second-order valence-corrected chi connectivity index (χ2v) is 12.1. The molecule has 0 amide bonds. The van der Waals surface area contributed by atoms with Crippen LogP contribution in [0.1, 0.15) is 51.3 Å². The number of hydrogen-bond acceptors (Lipinski definition) is 3. The van der Waals surface area contributed by atoms with Crippen molar-refractivity contribution in [3.05, 3.63) is 84.6 Å². The molecule has 0 bridgehead atoms. The number of aliphatic hydroxyl groups excluding tert-OH is 1. The van der Waals surface area contributed by atoms with Gasteiger partial charge in [0.2, 0.25) is 0 Å². The Kier molecular flexibility index (Phi) is 7.67. The van der Waals surface area contributed by atoms with Crippen molar-refractivity contribution < 1.29 is 13.5 Å². The fourth-order valence-electron chi connectivity index (χ4n) is 5.78. The van der Waals surface area contributed by atoms with Gasteiger partial charge in [0.1, 0.15) is 0 Å². The second kappa shape index (κ2) is 10.5. The van der Waals surface area contributed by atoms with E-state index in [1.807, 2.05) is 42.5 Å². The summed E-state index contributed by atoms with van der Waals surface area (Å²) in [6.07, 6.45) is 8.73. The molecule has 0 saturated heterocycles. The van der Waals surface area contributed by atoms with Gasteiger partial charge in [0.15, 0.2) is 0 Å². The molecule has 2 aromatic carbocycles. The molecule has 3 aromatic rings. The number of para-hydroxylation sites is 1. The fourth-order valence-corrected chi connectivity index (χ4v) is 7.38. The molecule has 1 aromatic heterocycles. The smallest absolute Gasteiger partial charge is 0.268 e. The second-order valence-electron chi connectivity index (χ2n) is 10.3. The molecule has 4 nitrogen and oxygen atoms in total. The number of rotatable bonds is 8. The Morgan fingerprint density at radius 2 is 1.74 bits per heavy atom. The molecule has 0 aliphatic heterocycles. The van der Waals surface area contributed by atoms with Gasteiger partial charge < -0.3 is 5.11 Å². The highest BCUT2D eigenvalue weighted by Gasteiger charge is 2.34. The van der Waals surface area contributed by atoms with E-state index in [-0.39, 0.29) is 10.8 Å². The minimum absolute atomic E-state index is 0.208. The van der Waals surface area contributed by atoms with Crippen LogP contribution in [0.3, 0.4) is 0 Å². The first-order chi connectivity index (χ1) is 16.8. The van der Waals surface area contributed by atoms with Gasteiger partial charge in [-0.1, -0.05) is 81.8 Å². The van der Waals surface area contributed by atoms with Gasteiger partial charge in [0.05, 0.1) is 16.5 Å². The Morgan fingerprint density at radius 3 is 2.43 bits per heavy atom. The average Bonchev–Trinajstić information content (AvgIpc) is 3.16. The van der Waals surface area contributed by atoms with Crippen LogP contribution in [0.2, 0.25) is 0 Å². The Balaban J connectivity index is 1.82. The molecular weight excluding hydrogens is 454 g/mol. The first-order valence-electron chi connectivity index (χ1n) is 12.7. The van der Waals surface area contributed by atoms with Gasteiger partial charge in [-0.15, -0.1) is 6.58 Å². The van der Waals surface area contributed by atoms with Crippen molar-refractivity contribution in [3.8, 4) is 0 Å². The topological polar surface area (TPSA) is 59.3 Å². The van der Waals surface area contributed by atoms with E-state index >= 15 is 0 Å². The fraction of sp³-hybridized carbons (Fsp3) is 0.400. The summed E-state index contributed by atoms with van der Waals surface area (Å²) in [6.45, 7) is 10.6. The zero-order chi connectivity index (χ0) is 25.2. The zero-order valence-electron chi connectivity index (χ0n) is 21.0. The van der Waals surface area contributed by atoms with Crippen molar-refractivity contribution in [2.75, 3.05) is 0 Å². The van der Waals surface area contributed by atoms with Crippen molar-refractivity contribution in [2.45, 2.75) is 57.5 Å². The van der Waals surface area contributed by atoms with Crippen LogP contribution in [0.5, 0.6) is 0 Å². The van der Waals surface area contributed by atoms with Crippen molar-refractivity contribution in [3.63, 3.8) is 0 Å². The van der Waals surface area contributed by atoms with Crippen LogP contribution in [-0.4, -0.2) is 23.6 Å². The Hall–Kier alpha value is -2.63. The normalized spacial score (nSPS) is 22.1. The number of nitrogens with zero attached hydrogens (tertiary/aromatic N) is 1. The van der Waals surface area contributed by atoms with E-state index in [0.717, 1.165) is 23.8 Å². The van der Waals surface area contributed by atoms with Crippen molar-refractivity contribution in [2.24, 2.45) is 23.7 Å². The van der Waals surface area contributed by atoms with Crippen LogP contribution in [-0.2, 0) is 16.4 Å². The molecule has 1 heterocycles. The van der Waals surface area contributed by atoms with Crippen LogP contribution in [0.4, 0.5) is 0 Å². The van der Waals surface area contributed by atoms with Gasteiger partial charge in [-0.25, -0.2) is 12.4 Å². The van der Waals surface area contributed by atoms with E-state index < -0.39 is 16.1 Å². The highest BCUT2D eigenvalue weighted by atomic mass is 32.2. The van der Waals surface area contributed by atoms with Crippen LogP contribution < -0.4 is 0 Å². The van der Waals surface area contributed by atoms with Crippen molar-refractivity contribution in [1.29, 1.82) is 0 Å². The first-order valence-corrected chi connectivity index (χ1v) is 14.1. The Bertz CT molecular complexity index is 1300. The number of hydrogen-bond donors (Lipinski definition) is 1. The number of benzene rings is 2. The van der Waals surface area contributed by atoms with E-state index in [9.17, 15) is 13.5 Å². The van der Waals surface area contributed by atoms with E-state index in [4.69, 9.17) is 0 Å². The highest BCUT2D eigenvalue weighted by molar-refractivity contribution is 7.90. The monoisotopic (exact) mass is 491 g/mol. The van der Waals surface area contributed by atoms with E-state index in [1.54, 1.807) is 30.3 Å². The molecule has 186 valence electrons. The summed E-state index contributed by atoms with van der Waals surface area (Å²) in [4.78, 5) is 0.248. The highest BCUT2D eigenvalue weighted by Crippen LogP contribution is 2.40. The summed E-state index contributed by atoms with van der Waals surface area (Å²) >= 11 is 0. The van der Waals surface area contributed by atoms with Crippen molar-refractivity contribution >= 4 is 27.0 Å². The summed E-state index contributed by atoms with van der Waals surface area (Å²) in [6, 6.07) is 16.1. The lowest BCUT2D eigenvalue weighted by Gasteiger charge is -2.39. The standard InChI is InChI=1S/C30H37NO3S/c1-5-11-28-26(18-19-30(32)27-20-22(4)16-17-24(27)21(2)3)25-14-9-10-15-29(25)31(28)35(33,34)23-12-7-6-8-13-23/h5-10,12-15,18-19,21-22,24,27,30,32H,1,11,16-17,20H2,2-4H3/b19-18+/t22-,24+,27-,30-/m1/s1. The maximum absolute atomic E-state index is 13.8. The first kappa shape index (κ1) is 25.5. The molecule has 1 aliphatic rings. The average molecular weight is 492 g/mol.